The second-order valence-electron chi connectivity index (χ2n) is 9.09. The molecular formula is C33H28N2O. The zero-order valence-corrected chi connectivity index (χ0v) is 20.4. The van der Waals surface area contributed by atoms with Crippen LogP contribution in [0.15, 0.2) is 109 Å². The van der Waals surface area contributed by atoms with E-state index in [1.807, 2.05) is 36.4 Å². The van der Waals surface area contributed by atoms with Crippen molar-refractivity contribution in [2.24, 2.45) is 0 Å². The summed E-state index contributed by atoms with van der Waals surface area (Å²) in [5, 5.41) is 4.81. The Morgan fingerprint density at radius 1 is 0.778 bits per heavy atom. The van der Waals surface area contributed by atoms with E-state index in [0.29, 0.717) is 0 Å². The largest absolute Gasteiger partial charge is 0.453 e. The number of benzene rings is 5. The van der Waals surface area contributed by atoms with E-state index in [1.165, 1.54) is 21.5 Å². The van der Waals surface area contributed by atoms with Crippen molar-refractivity contribution >= 4 is 44.4 Å². The molecule has 5 aromatic carbocycles. The van der Waals surface area contributed by atoms with Crippen molar-refractivity contribution in [3.05, 3.63) is 121 Å². The predicted octanol–water partition coefficient (Wildman–Crippen LogP) is 8.72. The maximum absolute atomic E-state index is 6.63. The number of imidazole rings is 1. The Balaban J connectivity index is 1.64. The van der Waals surface area contributed by atoms with Crippen LogP contribution >= 0.6 is 0 Å². The van der Waals surface area contributed by atoms with Gasteiger partial charge >= 0.3 is 0 Å². The lowest BCUT2D eigenvalue weighted by atomic mass is 9.96. The molecule has 0 unspecified atom stereocenters. The summed E-state index contributed by atoms with van der Waals surface area (Å²) in [5.74, 6) is 2.39. The summed E-state index contributed by atoms with van der Waals surface area (Å²) >= 11 is 0. The molecule has 0 radical (unpaired) electrons. The predicted molar refractivity (Wildman–Crippen MR) is 151 cm³/mol. The first-order valence-electron chi connectivity index (χ1n) is 12.6. The number of fused-ring (bicyclic) bond motifs is 3. The number of aromatic nitrogens is 2. The van der Waals surface area contributed by atoms with Crippen LogP contribution in [0, 0.1) is 0 Å². The summed E-state index contributed by atoms with van der Waals surface area (Å²) in [4.78, 5) is 5.09. The highest BCUT2D eigenvalue weighted by Gasteiger charge is 2.18. The lowest BCUT2D eigenvalue weighted by Crippen LogP contribution is -2.07. The summed E-state index contributed by atoms with van der Waals surface area (Å²) in [7, 11) is 0. The minimum Gasteiger partial charge on any atom is -0.453 e. The molecule has 36 heavy (non-hydrogen) atoms. The van der Waals surface area contributed by atoms with Crippen LogP contribution in [0.3, 0.4) is 0 Å². The van der Waals surface area contributed by atoms with Crippen molar-refractivity contribution in [2.45, 2.75) is 26.3 Å². The minimum atomic E-state index is 0.745. The van der Waals surface area contributed by atoms with Gasteiger partial charge in [0, 0.05) is 6.54 Å². The van der Waals surface area contributed by atoms with E-state index in [1.54, 1.807) is 0 Å². The molecule has 0 fully saturated rings. The van der Waals surface area contributed by atoms with Gasteiger partial charge in [0.25, 0.3) is 0 Å². The molecule has 3 nitrogen and oxygen atoms in total. The van der Waals surface area contributed by atoms with Gasteiger partial charge in [0.15, 0.2) is 11.6 Å². The van der Waals surface area contributed by atoms with E-state index in [2.05, 4.69) is 90.4 Å². The Labute approximate surface area is 211 Å². The van der Waals surface area contributed by atoms with Crippen LogP contribution < -0.4 is 4.74 Å². The smallest absolute Gasteiger partial charge is 0.177 e. The highest BCUT2D eigenvalue weighted by atomic mass is 16.5. The fourth-order valence-electron chi connectivity index (χ4n) is 4.90. The molecule has 0 N–H and O–H groups in total. The summed E-state index contributed by atoms with van der Waals surface area (Å²) in [6, 6.07) is 37.7. The van der Waals surface area contributed by atoms with E-state index in [9.17, 15) is 0 Å². The highest BCUT2D eigenvalue weighted by molar-refractivity contribution is 6.08. The molecule has 0 aliphatic carbocycles. The van der Waals surface area contributed by atoms with Gasteiger partial charge in [-0.1, -0.05) is 92.2 Å². The number of unbranched alkanes of at least 4 members (excludes halogenated alkanes) is 1. The zero-order valence-electron chi connectivity index (χ0n) is 20.4. The van der Waals surface area contributed by atoms with Crippen molar-refractivity contribution in [1.82, 2.24) is 9.55 Å². The zero-order chi connectivity index (χ0) is 24.3. The topological polar surface area (TPSA) is 27.1 Å². The van der Waals surface area contributed by atoms with E-state index < -0.39 is 0 Å². The normalized spacial score (nSPS) is 12.0. The first-order chi connectivity index (χ1) is 17.8. The molecule has 0 aliphatic heterocycles. The maximum atomic E-state index is 6.63. The second kappa shape index (κ2) is 9.71. The number of hydrogen-bond acceptors (Lipinski definition) is 2. The van der Waals surface area contributed by atoms with Gasteiger partial charge < -0.3 is 9.30 Å². The Bertz CT molecular complexity index is 1640. The van der Waals surface area contributed by atoms with Crippen molar-refractivity contribution in [3.63, 3.8) is 0 Å². The summed E-state index contributed by atoms with van der Waals surface area (Å²) in [5.41, 5.74) is 3.25. The van der Waals surface area contributed by atoms with Crippen LogP contribution in [-0.4, -0.2) is 9.55 Å². The molecule has 0 aliphatic rings. The average Bonchev–Trinajstić information content (AvgIpc) is 3.30. The molecule has 1 aromatic heterocycles. The third-order valence-corrected chi connectivity index (χ3v) is 6.67. The lowest BCUT2D eigenvalue weighted by molar-refractivity contribution is 0.502. The van der Waals surface area contributed by atoms with E-state index in [4.69, 9.17) is 9.72 Å². The molecule has 0 saturated carbocycles. The van der Waals surface area contributed by atoms with Crippen molar-refractivity contribution in [2.75, 3.05) is 0 Å². The number of para-hydroxylation sites is 3. The number of ether oxygens (including phenoxy) is 1. The quantitative estimate of drug-likeness (QED) is 0.173. The Hall–Kier alpha value is -4.37. The van der Waals surface area contributed by atoms with Gasteiger partial charge in [-0.05, 0) is 69.9 Å². The lowest BCUT2D eigenvalue weighted by Gasteiger charge is -2.15. The SMILES string of the molecule is CCCCn1c(/C(=C/c2c3ccccc3cc3ccccc23)Oc2ccccc2)nc2ccccc21. The minimum absolute atomic E-state index is 0.745. The van der Waals surface area contributed by atoms with Crippen molar-refractivity contribution in [1.29, 1.82) is 0 Å². The van der Waals surface area contributed by atoms with Crippen LogP contribution in [0.2, 0.25) is 0 Å². The summed E-state index contributed by atoms with van der Waals surface area (Å²) in [6.45, 7) is 3.11. The molecule has 0 saturated heterocycles. The molecule has 0 spiro atoms. The van der Waals surface area contributed by atoms with Crippen molar-refractivity contribution in [3.8, 4) is 5.75 Å². The van der Waals surface area contributed by atoms with E-state index >= 15 is 0 Å². The molecule has 6 rings (SSSR count). The molecule has 176 valence electrons. The first-order valence-corrected chi connectivity index (χ1v) is 12.6. The number of nitrogens with zero attached hydrogens (tertiary/aromatic N) is 2. The maximum Gasteiger partial charge on any atom is 0.177 e. The number of hydrogen-bond donors (Lipinski definition) is 0. The summed E-state index contributed by atoms with van der Waals surface area (Å²) < 4.78 is 8.94. The third kappa shape index (κ3) is 4.14. The number of aryl methyl sites for hydroxylation is 1. The highest BCUT2D eigenvalue weighted by Crippen LogP contribution is 2.33. The van der Waals surface area contributed by atoms with Crippen LogP contribution in [0.25, 0.3) is 44.4 Å². The molecular weight excluding hydrogens is 440 g/mol. The first kappa shape index (κ1) is 22.1. The Morgan fingerprint density at radius 2 is 1.42 bits per heavy atom. The fourth-order valence-corrected chi connectivity index (χ4v) is 4.90. The molecule has 0 atom stereocenters. The van der Waals surface area contributed by atoms with Crippen LogP contribution in [0.4, 0.5) is 0 Å². The Morgan fingerprint density at radius 3 is 2.14 bits per heavy atom. The monoisotopic (exact) mass is 468 g/mol. The summed E-state index contributed by atoms with van der Waals surface area (Å²) in [6.07, 6.45) is 4.36. The Kier molecular flexibility index (Phi) is 5.96. The van der Waals surface area contributed by atoms with Crippen LogP contribution in [-0.2, 0) is 6.54 Å². The van der Waals surface area contributed by atoms with Gasteiger partial charge in [0.05, 0.1) is 11.0 Å². The van der Waals surface area contributed by atoms with Gasteiger partial charge in [-0.25, -0.2) is 4.98 Å². The van der Waals surface area contributed by atoms with Gasteiger partial charge in [-0.3, -0.25) is 0 Å². The van der Waals surface area contributed by atoms with Gasteiger partial charge in [0.1, 0.15) is 5.75 Å². The van der Waals surface area contributed by atoms with Crippen LogP contribution in [0.1, 0.15) is 31.2 Å². The van der Waals surface area contributed by atoms with Crippen molar-refractivity contribution < 1.29 is 4.74 Å². The van der Waals surface area contributed by atoms with Gasteiger partial charge in [-0.2, -0.15) is 0 Å². The number of rotatable bonds is 7. The molecule has 1 heterocycles. The molecule has 0 amide bonds. The average molecular weight is 469 g/mol. The van der Waals surface area contributed by atoms with E-state index in [-0.39, 0.29) is 0 Å². The van der Waals surface area contributed by atoms with E-state index in [0.717, 1.165) is 53.3 Å². The second-order valence-corrected chi connectivity index (χ2v) is 9.09. The molecule has 6 aromatic rings. The van der Waals surface area contributed by atoms with Crippen LogP contribution in [0.5, 0.6) is 5.75 Å². The fraction of sp³-hybridized carbons (Fsp3) is 0.121. The van der Waals surface area contributed by atoms with Gasteiger partial charge in [-0.15, -0.1) is 0 Å². The van der Waals surface area contributed by atoms with Gasteiger partial charge in [0.2, 0.25) is 0 Å². The molecule has 0 bridgehead atoms. The third-order valence-electron chi connectivity index (χ3n) is 6.67. The standard InChI is InChI=1S/C33H28N2O/c1-2-3-21-35-31-20-12-11-19-30(31)34-33(35)32(36-26-15-5-4-6-16-26)23-29-27-17-9-7-13-24(27)22-25-14-8-10-18-28(25)29/h4-20,22-23H,2-3,21H2,1H3/b32-23-. The molecule has 3 heteroatoms.